The molecule has 0 spiro atoms. The summed E-state index contributed by atoms with van der Waals surface area (Å²) < 4.78 is 32.4. The molecule has 2 aliphatic rings. The van der Waals surface area contributed by atoms with Crippen LogP contribution in [0.25, 0.3) is 11.1 Å². The smallest absolute Gasteiger partial charge is 0.208 e. The highest BCUT2D eigenvalue weighted by atomic mass is 32.3. The van der Waals surface area contributed by atoms with Crippen LogP contribution in [0.1, 0.15) is 49.1 Å². The Kier molecular flexibility index (Phi) is 3.81. The lowest BCUT2D eigenvalue weighted by Gasteiger charge is -2.28. The van der Waals surface area contributed by atoms with Crippen molar-refractivity contribution in [3.05, 3.63) is 83.3 Å². The van der Waals surface area contributed by atoms with Crippen LogP contribution in [-0.2, 0) is 0 Å². The summed E-state index contributed by atoms with van der Waals surface area (Å²) in [5, 5.41) is 0. The van der Waals surface area contributed by atoms with Gasteiger partial charge < -0.3 is 0 Å². The van der Waals surface area contributed by atoms with Gasteiger partial charge in [-0.1, -0.05) is 56.0 Å². The van der Waals surface area contributed by atoms with E-state index in [-0.39, 0.29) is 5.92 Å². The number of fused-ring (bicyclic) bond motifs is 2. The van der Waals surface area contributed by atoms with E-state index in [1.54, 1.807) is 24.3 Å². The van der Waals surface area contributed by atoms with Crippen molar-refractivity contribution in [3.63, 3.8) is 0 Å². The van der Waals surface area contributed by atoms with Gasteiger partial charge in [0, 0.05) is 23.9 Å². The highest BCUT2D eigenvalue weighted by Gasteiger charge is 2.49. The Balaban J connectivity index is 2.14. The number of aromatic nitrogens is 1. The Bertz CT molecular complexity index is 1020. The third-order valence-corrected chi connectivity index (χ3v) is 6.42. The van der Waals surface area contributed by atoms with Crippen molar-refractivity contribution in [2.24, 2.45) is 0 Å². The summed E-state index contributed by atoms with van der Waals surface area (Å²) in [7, 11) is 0. The number of hydrogen-bond donors (Lipinski definition) is 0. The number of nitrogens with zero attached hydrogens (tertiary/aromatic N) is 2. The predicted molar refractivity (Wildman–Crippen MR) is 106 cm³/mol. The maximum absolute atomic E-state index is 15.0. The molecule has 0 aliphatic carbocycles. The van der Waals surface area contributed by atoms with E-state index < -0.39 is 11.2 Å². The average Bonchev–Trinajstić information content (AvgIpc) is 3.25. The van der Waals surface area contributed by atoms with E-state index in [2.05, 4.69) is 26.5 Å². The quantitative estimate of drug-likeness (QED) is 0.558. The first-order chi connectivity index (χ1) is 12.3. The molecule has 0 saturated heterocycles. The van der Waals surface area contributed by atoms with Crippen molar-refractivity contribution >= 4 is 28.5 Å². The van der Waals surface area contributed by atoms with Crippen molar-refractivity contribution in [1.82, 2.24) is 3.97 Å². The van der Waals surface area contributed by atoms with E-state index in [9.17, 15) is 0 Å². The van der Waals surface area contributed by atoms with Crippen LogP contribution in [0, 0.1) is 0 Å². The minimum Gasteiger partial charge on any atom is -0.208 e. The van der Waals surface area contributed by atoms with E-state index in [0.717, 1.165) is 35.8 Å². The zero-order chi connectivity index (χ0) is 18.6. The van der Waals surface area contributed by atoms with Gasteiger partial charge in [0.25, 0.3) is 0 Å². The maximum atomic E-state index is 15.0. The highest BCUT2D eigenvalue weighted by molar-refractivity contribution is 8.18. The molecular weight excluding hydrogens is 350 g/mol. The summed E-state index contributed by atoms with van der Waals surface area (Å²) >= 11 is -4.13. The molecule has 2 aliphatic heterocycles. The molecule has 0 fully saturated rings. The average molecular weight is 371 g/mol. The van der Waals surface area contributed by atoms with Gasteiger partial charge in [-0.2, -0.15) is 0 Å². The Morgan fingerprint density at radius 3 is 2.65 bits per heavy atom. The zero-order valence-electron chi connectivity index (χ0n) is 15.0. The standard InChI is InChI=1S/C21H21F2N2S/c1-14(2)16-8-5-9-17(15(3)4)20(16)21-18-10-6-12-24(18)26(22,23)25-13-7-11-19(21)25/h5-13,15H,1H2,2-4H3/q+1. The third kappa shape index (κ3) is 2.27. The van der Waals surface area contributed by atoms with Gasteiger partial charge >= 0.3 is 11.2 Å². The summed E-state index contributed by atoms with van der Waals surface area (Å²) in [6.07, 6.45) is 6.44. The first-order valence-corrected chi connectivity index (χ1v) is 9.94. The lowest BCUT2D eigenvalue weighted by atomic mass is 9.84. The molecule has 2 nitrogen and oxygen atoms in total. The van der Waals surface area contributed by atoms with Gasteiger partial charge in [0.1, 0.15) is 0 Å². The summed E-state index contributed by atoms with van der Waals surface area (Å²) in [6.45, 7) is 10.3. The molecule has 1 aromatic carbocycles. The highest BCUT2D eigenvalue weighted by Crippen LogP contribution is 2.61. The molecule has 0 atom stereocenters. The number of halogens is 2. The van der Waals surface area contributed by atoms with E-state index >= 15 is 7.77 Å². The van der Waals surface area contributed by atoms with Gasteiger partial charge in [0.05, 0.1) is 11.3 Å². The monoisotopic (exact) mass is 371 g/mol. The normalized spacial score (nSPS) is 18.6. The van der Waals surface area contributed by atoms with E-state index in [4.69, 9.17) is 0 Å². The lowest BCUT2D eigenvalue weighted by Crippen LogP contribution is -2.23. The molecule has 0 saturated carbocycles. The first kappa shape index (κ1) is 17.0. The van der Waals surface area contributed by atoms with Crippen molar-refractivity contribution in [2.75, 3.05) is 0 Å². The van der Waals surface area contributed by atoms with Crippen molar-refractivity contribution in [3.8, 4) is 0 Å². The van der Waals surface area contributed by atoms with Gasteiger partial charge in [-0.25, -0.2) is 3.97 Å². The van der Waals surface area contributed by atoms with Crippen LogP contribution >= 0.6 is 11.2 Å². The van der Waals surface area contributed by atoms with Crippen molar-refractivity contribution in [1.29, 1.82) is 0 Å². The Morgan fingerprint density at radius 2 is 1.96 bits per heavy atom. The van der Waals surface area contributed by atoms with Crippen LogP contribution in [-0.4, -0.2) is 14.2 Å². The van der Waals surface area contributed by atoms with Gasteiger partial charge in [-0.15, -0.1) is 0 Å². The van der Waals surface area contributed by atoms with Crippen LogP contribution in [0.2, 0.25) is 0 Å². The van der Waals surface area contributed by atoms with Crippen molar-refractivity contribution < 1.29 is 11.8 Å². The largest absolute Gasteiger partial charge is 0.387 e. The molecule has 4 rings (SSSR count). The van der Waals surface area contributed by atoms with Gasteiger partial charge in [0.15, 0.2) is 6.21 Å². The molecule has 0 radical (unpaired) electrons. The van der Waals surface area contributed by atoms with E-state index in [1.165, 1.54) is 12.4 Å². The molecule has 2 aromatic rings. The molecule has 26 heavy (non-hydrogen) atoms. The summed E-state index contributed by atoms with van der Waals surface area (Å²) in [6, 6.07) is 9.60. The second-order valence-electron chi connectivity index (χ2n) is 6.93. The van der Waals surface area contributed by atoms with Crippen LogP contribution in [0.4, 0.5) is 7.77 Å². The fraction of sp³-hybridized carbons (Fsp3) is 0.190. The van der Waals surface area contributed by atoms with E-state index in [1.807, 2.05) is 19.1 Å². The van der Waals surface area contributed by atoms with Crippen LogP contribution in [0.5, 0.6) is 0 Å². The Labute approximate surface area is 154 Å². The van der Waals surface area contributed by atoms with Crippen molar-refractivity contribution in [2.45, 2.75) is 26.7 Å². The van der Waals surface area contributed by atoms with E-state index in [0.29, 0.717) is 11.4 Å². The topological polar surface area (TPSA) is 7.94 Å². The van der Waals surface area contributed by atoms with Crippen LogP contribution in [0.15, 0.2) is 61.0 Å². The Hall–Kier alpha value is -2.40. The molecule has 1 aromatic heterocycles. The molecule has 0 N–H and O–H groups in total. The summed E-state index contributed by atoms with van der Waals surface area (Å²) in [4.78, 5) is 0. The van der Waals surface area contributed by atoms with Gasteiger partial charge in [0.2, 0.25) is 5.70 Å². The lowest BCUT2D eigenvalue weighted by molar-refractivity contribution is -0.296. The molecule has 0 bridgehead atoms. The van der Waals surface area contributed by atoms with Gasteiger partial charge in [-0.05, 0) is 36.1 Å². The molecule has 5 heteroatoms. The van der Waals surface area contributed by atoms with Gasteiger partial charge in [-0.3, -0.25) is 0 Å². The zero-order valence-corrected chi connectivity index (χ0v) is 15.9. The van der Waals surface area contributed by atoms with Crippen LogP contribution in [0.3, 0.4) is 0 Å². The second-order valence-corrected chi connectivity index (χ2v) is 8.55. The first-order valence-electron chi connectivity index (χ1n) is 8.59. The summed E-state index contributed by atoms with van der Waals surface area (Å²) in [5.74, 6) is 0.262. The SMILES string of the molecule is C=C(C)c1cccc(C(C)C)c1C1=C2C=CC=[N+]2S(F)(F)n2cccc21. The van der Waals surface area contributed by atoms with Crippen LogP contribution < -0.4 is 0 Å². The summed E-state index contributed by atoms with van der Waals surface area (Å²) in [5.41, 5.74) is 6.05. The minimum atomic E-state index is -4.13. The molecular formula is C21H21F2N2S+. The third-order valence-electron chi connectivity index (χ3n) is 4.84. The molecule has 134 valence electrons. The molecule has 3 heterocycles. The number of allylic oxidation sites excluding steroid dienone is 3. The number of benzene rings is 1. The fourth-order valence-electron chi connectivity index (χ4n) is 3.67. The molecule has 0 unspecified atom stereocenters. The fourth-order valence-corrected chi connectivity index (χ4v) is 5.07. The Morgan fingerprint density at radius 1 is 1.19 bits per heavy atom. The number of hydrogen-bond acceptors (Lipinski definition) is 0. The predicted octanol–water partition coefficient (Wildman–Crippen LogP) is 6.32. The maximum Gasteiger partial charge on any atom is 0.387 e. The molecule has 0 amide bonds. The number of rotatable bonds is 3. The minimum absolute atomic E-state index is 0.262. The second kappa shape index (κ2) is 5.81.